The molecule has 94 valence electrons. The number of furan rings is 1. The number of nitrogens with one attached hydrogen (secondary N) is 1. The minimum atomic E-state index is -0.0463. The molecule has 0 saturated heterocycles. The molecule has 2 rings (SSSR count). The summed E-state index contributed by atoms with van der Waals surface area (Å²) >= 11 is 0. The molecule has 1 fully saturated rings. The molecule has 5 nitrogen and oxygen atoms in total. The van der Waals surface area contributed by atoms with E-state index >= 15 is 0 Å². The highest BCUT2D eigenvalue weighted by atomic mass is 16.3. The van der Waals surface area contributed by atoms with Crippen molar-refractivity contribution in [3.05, 3.63) is 24.2 Å². The second-order valence-corrected chi connectivity index (χ2v) is 4.52. The Morgan fingerprint density at radius 3 is 3.00 bits per heavy atom. The molecule has 1 atom stereocenters. The van der Waals surface area contributed by atoms with Crippen LogP contribution in [0.2, 0.25) is 0 Å². The van der Waals surface area contributed by atoms with Gasteiger partial charge in [0, 0.05) is 12.6 Å². The van der Waals surface area contributed by atoms with E-state index in [1.54, 1.807) is 6.26 Å². The molecule has 1 aliphatic rings. The number of amides is 1. The summed E-state index contributed by atoms with van der Waals surface area (Å²) in [5.41, 5.74) is 5.72. The maximum absolute atomic E-state index is 11.7. The van der Waals surface area contributed by atoms with Crippen LogP contribution >= 0.6 is 0 Å². The van der Waals surface area contributed by atoms with Crippen LogP contribution in [0.15, 0.2) is 22.8 Å². The normalized spacial score (nSPS) is 17.1. The molecule has 1 aliphatic carbocycles. The van der Waals surface area contributed by atoms with E-state index < -0.39 is 0 Å². The van der Waals surface area contributed by atoms with Gasteiger partial charge in [0.05, 0.1) is 18.8 Å². The van der Waals surface area contributed by atoms with Crippen molar-refractivity contribution in [3.63, 3.8) is 0 Å². The van der Waals surface area contributed by atoms with Crippen molar-refractivity contribution in [1.82, 2.24) is 10.2 Å². The van der Waals surface area contributed by atoms with Crippen LogP contribution in [-0.4, -0.2) is 37.0 Å². The van der Waals surface area contributed by atoms with Gasteiger partial charge in [-0.1, -0.05) is 0 Å². The van der Waals surface area contributed by atoms with Crippen LogP contribution < -0.4 is 11.1 Å². The minimum absolute atomic E-state index is 0.0463. The summed E-state index contributed by atoms with van der Waals surface area (Å²) in [4.78, 5) is 13.6. The summed E-state index contributed by atoms with van der Waals surface area (Å²) in [6, 6.07) is 4.06. The number of nitrogens with zero attached hydrogens (tertiary/aromatic N) is 1. The Morgan fingerprint density at radius 1 is 1.71 bits per heavy atom. The van der Waals surface area contributed by atoms with Gasteiger partial charge in [-0.3, -0.25) is 9.69 Å². The molecular weight excluding hydrogens is 218 g/mol. The van der Waals surface area contributed by atoms with E-state index in [9.17, 15) is 4.79 Å². The smallest absolute Gasteiger partial charge is 0.234 e. The van der Waals surface area contributed by atoms with Gasteiger partial charge in [0.1, 0.15) is 5.76 Å². The number of likely N-dealkylation sites (N-methyl/N-ethyl adjacent to an activating group) is 1. The lowest BCUT2D eigenvalue weighted by Crippen LogP contribution is -2.40. The number of nitrogens with two attached hydrogens (primary N) is 1. The molecule has 0 aromatic carbocycles. The first-order valence-corrected chi connectivity index (χ1v) is 5.93. The standard InChI is InChI=1S/C12H19N3O2/c1-15(8-12(16)14-9-4-5-9)10(7-13)11-3-2-6-17-11/h2-3,6,9-10H,4-5,7-8,13H2,1H3,(H,14,16). The van der Waals surface area contributed by atoms with Crippen molar-refractivity contribution >= 4 is 5.91 Å². The Bertz CT molecular complexity index is 360. The second-order valence-electron chi connectivity index (χ2n) is 4.52. The van der Waals surface area contributed by atoms with Crippen LogP contribution in [0.4, 0.5) is 0 Å². The Kier molecular flexibility index (Phi) is 3.81. The van der Waals surface area contributed by atoms with E-state index in [4.69, 9.17) is 10.2 Å². The van der Waals surface area contributed by atoms with Crippen LogP contribution in [-0.2, 0) is 4.79 Å². The van der Waals surface area contributed by atoms with Crippen molar-refractivity contribution in [1.29, 1.82) is 0 Å². The lowest BCUT2D eigenvalue weighted by molar-refractivity contribution is -0.122. The molecular formula is C12H19N3O2. The maximum atomic E-state index is 11.7. The molecule has 5 heteroatoms. The van der Waals surface area contributed by atoms with Gasteiger partial charge >= 0.3 is 0 Å². The van der Waals surface area contributed by atoms with Crippen molar-refractivity contribution in [3.8, 4) is 0 Å². The third-order valence-corrected chi connectivity index (χ3v) is 2.96. The molecule has 1 amide bonds. The third kappa shape index (κ3) is 3.31. The van der Waals surface area contributed by atoms with Crippen LogP contribution in [0.3, 0.4) is 0 Å². The molecule has 1 unspecified atom stereocenters. The first kappa shape index (κ1) is 12.1. The molecule has 0 spiro atoms. The lowest BCUT2D eigenvalue weighted by Gasteiger charge is -2.24. The molecule has 0 bridgehead atoms. The highest BCUT2D eigenvalue weighted by molar-refractivity contribution is 5.78. The highest BCUT2D eigenvalue weighted by Gasteiger charge is 2.25. The SMILES string of the molecule is CN(CC(=O)NC1CC1)C(CN)c1ccco1. The number of hydrogen-bond donors (Lipinski definition) is 2. The monoisotopic (exact) mass is 237 g/mol. The molecule has 1 heterocycles. The van der Waals surface area contributed by atoms with Gasteiger partial charge < -0.3 is 15.5 Å². The number of hydrogen-bond acceptors (Lipinski definition) is 4. The first-order valence-electron chi connectivity index (χ1n) is 5.93. The molecule has 1 saturated carbocycles. The van der Waals surface area contributed by atoms with Gasteiger partial charge in [-0.2, -0.15) is 0 Å². The predicted octanol–water partition coefficient (Wildman–Crippen LogP) is 0.490. The molecule has 17 heavy (non-hydrogen) atoms. The fraction of sp³-hybridized carbons (Fsp3) is 0.583. The van der Waals surface area contributed by atoms with E-state index in [2.05, 4.69) is 5.32 Å². The van der Waals surface area contributed by atoms with Crippen LogP contribution in [0.1, 0.15) is 24.6 Å². The summed E-state index contributed by atoms with van der Waals surface area (Å²) in [7, 11) is 1.88. The average molecular weight is 237 g/mol. The van der Waals surface area contributed by atoms with Crippen LogP contribution in [0.5, 0.6) is 0 Å². The van der Waals surface area contributed by atoms with E-state index in [0.717, 1.165) is 18.6 Å². The summed E-state index contributed by atoms with van der Waals surface area (Å²) in [5, 5.41) is 2.96. The van der Waals surface area contributed by atoms with E-state index in [1.807, 2.05) is 24.1 Å². The van der Waals surface area contributed by atoms with Gasteiger partial charge in [-0.15, -0.1) is 0 Å². The zero-order chi connectivity index (χ0) is 12.3. The molecule has 1 aromatic heterocycles. The van der Waals surface area contributed by atoms with Crippen LogP contribution in [0, 0.1) is 0 Å². The Balaban J connectivity index is 1.87. The van der Waals surface area contributed by atoms with Gasteiger partial charge in [0.25, 0.3) is 0 Å². The van der Waals surface area contributed by atoms with E-state index in [0.29, 0.717) is 19.1 Å². The third-order valence-electron chi connectivity index (χ3n) is 2.96. The molecule has 0 aliphatic heterocycles. The number of carbonyl (C=O) groups is 1. The topological polar surface area (TPSA) is 71.5 Å². The zero-order valence-corrected chi connectivity index (χ0v) is 10.1. The quantitative estimate of drug-likeness (QED) is 0.755. The van der Waals surface area contributed by atoms with Gasteiger partial charge in [-0.05, 0) is 32.0 Å². The number of carbonyl (C=O) groups excluding carboxylic acids is 1. The van der Waals surface area contributed by atoms with E-state index in [1.165, 1.54) is 0 Å². The van der Waals surface area contributed by atoms with Crippen molar-refractivity contribution < 1.29 is 9.21 Å². The minimum Gasteiger partial charge on any atom is -0.468 e. The van der Waals surface area contributed by atoms with Crippen molar-refractivity contribution in [2.75, 3.05) is 20.1 Å². The van der Waals surface area contributed by atoms with Crippen molar-refractivity contribution in [2.45, 2.75) is 24.9 Å². The average Bonchev–Trinajstić information content (AvgIpc) is 2.93. The Labute approximate surface area is 101 Å². The summed E-state index contributed by atoms with van der Waals surface area (Å²) in [6.45, 7) is 0.778. The van der Waals surface area contributed by atoms with Gasteiger partial charge in [0.2, 0.25) is 5.91 Å². The predicted molar refractivity (Wildman–Crippen MR) is 64.3 cm³/mol. The van der Waals surface area contributed by atoms with Crippen molar-refractivity contribution in [2.24, 2.45) is 5.73 Å². The Morgan fingerprint density at radius 2 is 2.47 bits per heavy atom. The maximum Gasteiger partial charge on any atom is 0.234 e. The zero-order valence-electron chi connectivity index (χ0n) is 10.1. The largest absolute Gasteiger partial charge is 0.468 e. The fourth-order valence-corrected chi connectivity index (χ4v) is 1.83. The Hall–Kier alpha value is -1.33. The molecule has 1 aromatic rings. The fourth-order valence-electron chi connectivity index (χ4n) is 1.83. The summed E-state index contributed by atoms with van der Waals surface area (Å²) < 4.78 is 5.33. The van der Waals surface area contributed by atoms with Gasteiger partial charge in [0.15, 0.2) is 0 Å². The van der Waals surface area contributed by atoms with Gasteiger partial charge in [-0.25, -0.2) is 0 Å². The second kappa shape index (κ2) is 5.33. The number of rotatable bonds is 6. The highest BCUT2D eigenvalue weighted by Crippen LogP contribution is 2.20. The first-order chi connectivity index (χ1) is 8.20. The van der Waals surface area contributed by atoms with Crippen LogP contribution in [0.25, 0.3) is 0 Å². The summed E-state index contributed by atoms with van der Waals surface area (Å²) in [6.07, 6.45) is 3.83. The lowest BCUT2D eigenvalue weighted by atomic mass is 10.2. The molecule has 3 N–H and O–H groups in total. The molecule has 0 radical (unpaired) electrons. The van der Waals surface area contributed by atoms with E-state index in [-0.39, 0.29) is 11.9 Å². The summed E-state index contributed by atoms with van der Waals surface area (Å²) in [5.74, 6) is 0.856.